The van der Waals surface area contributed by atoms with Crippen molar-refractivity contribution in [2.24, 2.45) is 5.92 Å². The number of hydrogen-bond donors (Lipinski definition) is 2. The summed E-state index contributed by atoms with van der Waals surface area (Å²) in [7, 11) is 0. The van der Waals surface area contributed by atoms with Crippen molar-refractivity contribution in [2.75, 3.05) is 6.54 Å². The van der Waals surface area contributed by atoms with Crippen LogP contribution in [0.2, 0.25) is 0 Å². The van der Waals surface area contributed by atoms with Gasteiger partial charge in [-0.1, -0.05) is 32.0 Å². The Morgan fingerprint density at radius 2 is 1.95 bits per heavy atom. The molecule has 3 nitrogen and oxygen atoms in total. The second-order valence-electron chi connectivity index (χ2n) is 5.17. The van der Waals surface area contributed by atoms with Crippen molar-refractivity contribution >= 4 is 5.91 Å². The number of amides is 1. The van der Waals surface area contributed by atoms with E-state index in [1.54, 1.807) is 25.1 Å². The molecular weight excluding hydrogens is 243 g/mol. The van der Waals surface area contributed by atoms with Gasteiger partial charge in [0.15, 0.2) is 0 Å². The van der Waals surface area contributed by atoms with E-state index < -0.39 is 0 Å². The fourth-order valence-corrected chi connectivity index (χ4v) is 1.63. The third kappa shape index (κ3) is 5.83. The summed E-state index contributed by atoms with van der Waals surface area (Å²) < 4.78 is 13.4. The molecule has 0 heterocycles. The summed E-state index contributed by atoms with van der Waals surface area (Å²) in [6, 6.07) is 6.25. The highest BCUT2D eigenvalue weighted by atomic mass is 19.1. The van der Waals surface area contributed by atoms with Crippen molar-refractivity contribution in [1.29, 1.82) is 0 Å². The molecule has 0 fully saturated rings. The Morgan fingerprint density at radius 3 is 2.58 bits per heavy atom. The van der Waals surface area contributed by atoms with E-state index in [9.17, 15) is 9.18 Å². The number of halogens is 1. The zero-order chi connectivity index (χ0) is 14.3. The lowest BCUT2D eigenvalue weighted by atomic mass is 10.1. The average Bonchev–Trinajstić information content (AvgIpc) is 2.36. The average molecular weight is 266 g/mol. The summed E-state index contributed by atoms with van der Waals surface area (Å²) in [6.07, 6.45) is 0.964. The Hall–Kier alpha value is -1.42. The van der Waals surface area contributed by atoms with Crippen LogP contribution in [0, 0.1) is 11.7 Å². The molecule has 4 heteroatoms. The molecule has 0 aliphatic heterocycles. The maximum Gasteiger partial charge on any atom is 0.236 e. The number of hydrogen-bond acceptors (Lipinski definition) is 2. The van der Waals surface area contributed by atoms with Crippen molar-refractivity contribution in [2.45, 2.75) is 39.8 Å². The van der Waals surface area contributed by atoms with Crippen molar-refractivity contribution in [3.63, 3.8) is 0 Å². The molecule has 0 radical (unpaired) electrons. The van der Waals surface area contributed by atoms with E-state index in [2.05, 4.69) is 24.5 Å². The van der Waals surface area contributed by atoms with E-state index in [1.807, 2.05) is 0 Å². The molecule has 1 aromatic carbocycles. The van der Waals surface area contributed by atoms with Crippen LogP contribution in [0.25, 0.3) is 0 Å². The monoisotopic (exact) mass is 266 g/mol. The lowest BCUT2D eigenvalue weighted by molar-refractivity contribution is -0.122. The van der Waals surface area contributed by atoms with E-state index in [-0.39, 0.29) is 17.8 Å². The predicted octanol–water partition coefficient (Wildman–Crippen LogP) is 2.47. The van der Waals surface area contributed by atoms with Gasteiger partial charge in [0.1, 0.15) is 5.82 Å². The third-order valence-corrected chi connectivity index (χ3v) is 2.97. The van der Waals surface area contributed by atoms with Crippen molar-refractivity contribution < 1.29 is 9.18 Å². The second kappa shape index (κ2) is 7.89. The SMILES string of the molecule is CC(C)CCNC(=O)C(C)NCc1ccccc1F. The number of carbonyl (C=O) groups excluding carboxylic acids is 1. The molecule has 106 valence electrons. The first kappa shape index (κ1) is 15.6. The molecule has 19 heavy (non-hydrogen) atoms. The highest BCUT2D eigenvalue weighted by molar-refractivity contribution is 5.81. The molecular formula is C15H23FN2O. The van der Waals surface area contributed by atoms with Gasteiger partial charge >= 0.3 is 0 Å². The minimum Gasteiger partial charge on any atom is -0.355 e. The first-order valence-electron chi connectivity index (χ1n) is 6.75. The van der Waals surface area contributed by atoms with E-state index >= 15 is 0 Å². The second-order valence-corrected chi connectivity index (χ2v) is 5.17. The first-order chi connectivity index (χ1) is 9.00. The molecule has 1 rings (SSSR count). The summed E-state index contributed by atoms with van der Waals surface area (Å²) in [5, 5.41) is 5.90. The topological polar surface area (TPSA) is 41.1 Å². The molecule has 0 aromatic heterocycles. The zero-order valence-electron chi connectivity index (χ0n) is 11.9. The Balaban J connectivity index is 2.32. The van der Waals surface area contributed by atoms with Gasteiger partial charge in [0.05, 0.1) is 6.04 Å². The van der Waals surface area contributed by atoms with Gasteiger partial charge < -0.3 is 10.6 Å². The molecule has 1 aromatic rings. The van der Waals surface area contributed by atoms with Gasteiger partial charge in [-0.15, -0.1) is 0 Å². The Morgan fingerprint density at radius 1 is 1.26 bits per heavy atom. The highest BCUT2D eigenvalue weighted by Crippen LogP contribution is 2.05. The van der Waals surface area contributed by atoms with E-state index in [1.165, 1.54) is 6.07 Å². The number of rotatable bonds is 7. The van der Waals surface area contributed by atoms with Gasteiger partial charge in [-0.25, -0.2) is 4.39 Å². The van der Waals surface area contributed by atoms with Gasteiger partial charge in [0.2, 0.25) is 5.91 Å². The maximum atomic E-state index is 13.4. The minimum atomic E-state index is -0.327. The van der Waals surface area contributed by atoms with Crippen LogP contribution >= 0.6 is 0 Å². The van der Waals surface area contributed by atoms with Crippen molar-refractivity contribution in [3.05, 3.63) is 35.6 Å². The number of benzene rings is 1. The molecule has 0 spiro atoms. The Bertz CT molecular complexity index is 407. The van der Waals surface area contributed by atoms with Crippen molar-refractivity contribution in [3.8, 4) is 0 Å². The number of carbonyl (C=O) groups is 1. The third-order valence-electron chi connectivity index (χ3n) is 2.97. The van der Waals surface area contributed by atoms with Crippen LogP contribution in [0.4, 0.5) is 4.39 Å². The van der Waals surface area contributed by atoms with Gasteiger partial charge in [0, 0.05) is 18.7 Å². The lowest BCUT2D eigenvalue weighted by Gasteiger charge is -2.15. The molecule has 1 unspecified atom stereocenters. The maximum absolute atomic E-state index is 13.4. The summed E-state index contributed by atoms with van der Waals surface area (Å²) >= 11 is 0. The lowest BCUT2D eigenvalue weighted by Crippen LogP contribution is -2.42. The fourth-order valence-electron chi connectivity index (χ4n) is 1.63. The normalized spacial score (nSPS) is 12.5. The van der Waals surface area contributed by atoms with Gasteiger partial charge in [0.25, 0.3) is 0 Å². The van der Waals surface area contributed by atoms with Crippen LogP contribution in [-0.4, -0.2) is 18.5 Å². The van der Waals surface area contributed by atoms with Crippen LogP contribution in [0.5, 0.6) is 0 Å². The molecule has 0 aliphatic carbocycles. The van der Waals surface area contributed by atoms with Gasteiger partial charge in [-0.05, 0) is 25.3 Å². The molecule has 0 saturated carbocycles. The predicted molar refractivity (Wildman–Crippen MR) is 75.2 cm³/mol. The van der Waals surface area contributed by atoms with Crippen LogP contribution < -0.4 is 10.6 Å². The molecule has 1 amide bonds. The van der Waals surface area contributed by atoms with E-state index in [0.29, 0.717) is 24.6 Å². The molecule has 0 aliphatic rings. The standard InChI is InChI=1S/C15H23FN2O/c1-11(2)8-9-17-15(19)12(3)18-10-13-6-4-5-7-14(13)16/h4-7,11-12,18H,8-10H2,1-3H3,(H,17,19). The zero-order valence-corrected chi connectivity index (χ0v) is 11.9. The van der Waals surface area contributed by atoms with Crippen LogP contribution in [0.1, 0.15) is 32.8 Å². The summed E-state index contributed by atoms with van der Waals surface area (Å²) in [6.45, 7) is 7.05. The quantitative estimate of drug-likeness (QED) is 0.796. The first-order valence-corrected chi connectivity index (χ1v) is 6.75. The fraction of sp³-hybridized carbons (Fsp3) is 0.533. The highest BCUT2D eigenvalue weighted by Gasteiger charge is 2.12. The summed E-state index contributed by atoms with van der Waals surface area (Å²) in [4.78, 5) is 11.8. The van der Waals surface area contributed by atoms with Gasteiger partial charge in [-0.2, -0.15) is 0 Å². The largest absolute Gasteiger partial charge is 0.355 e. The summed E-state index contributed by atoms with van der Waals surface area (Å²) in [5.41, 5.74) is 0.573. The van der Waals surface area contributed by atoms with E-state index in [4.69, 9.17) is 0 Å². The minimum absolute atomic E-state index is 0.0445. The van der Waals surface area contributed by atoms with Crippen LogP contribution in [0.3, 0.4) is 0 Å². The molecule has 2 N–H and O–H groups in total. The number of nitrogens with one attached hydrogen (secondary N) is 2. The van der Waals surface area contributed by atoms with Crippen LogP contribution in [-0.2, 0) is 11.3 Å². The molecule has 0 saturated heterocycles. The smallest absolute Gasteiger partial charge is 0.236 e. The Kier molecular flexibility index (Phi) is 6.50. The molecule has 0 bridgehead atoms. The van der Waals surface area contributed by atoms with Gasteiger partial charge in [-0.3, -0.25) is 4.79 Å². The summed E-state index contributed by atoms with van der Waals surface area (Å²) in [5.74, 6) is 0.279. The molecule has 1 atom stereocenters. The van der Waals surface area contributed by atoms with E-state index in [0.717, 1.165) is 6.42 Å². The Labute approximate surface area is 114 Å². The van der Waals surface area contributed by atoms with Crippen LogP contribution in [0.15, 0.2) is 24.3 Å². The van der Waals surface area contributed by atoms with Crippen molar-refractivity contribution in [1.82, 2.24) is 10.6 Å².